The molecule has 0 bridgehead atoms. The van der Waals surface area contributed by atoms with E-state index in [1.165, 1.54) is 0 Å². The Labute approximate surface area is 127 Å². The fourth-order valence-electron chi connectivity index (χ4n) is 3.51. The molecule has 0 aromatic heterocycles. The van der Waals surface area contributed by atoms with Crippen molar-refractivity contribution < 1.29 is 15.0 Å². The zero-order valence-corrected chi connectivity index (χ0v) is 13.4. The van der Waals surface area contributed by atoms with Gasteiger partial charge in [0.05, 0.1) is 11.7 Å². The van der Waals surface area contributed by atoms with Gasteiger partial charge in [-0.3, -0.25) is 4.79 Å². The lowest BCUT2D eigenvalue weighted by molar-refractivity contribution is -0.116. The van der Waals surface area contributed by atoms with E-state index >= 15 is 0 Å². The fraction of sp³-hybridized carbons (Fsp3) is 0.722. The van der Waals surface area contributed by atoms with Crippen molar-refractivity contribution in [2.24, 2.45) is 11.3 Å². The Kier molecular flexibility index (Phi) is 4.74. The molecule has 0 radical (unpaired) electrons. The first-order valence-electron chi connectivity index (χ1n) is 8.04. The SMILES string of the molecule is C/C1=C\C2CCC[C@]2(O)C(O)C/C=C/C(C)(C)CCC1=O. The third-order valence-corrected chi connectivity index (χ3v) is 5.13. The summed E-state index contributed by atoms with van der Waals surface area (Å²) in [4.78, 5) is 12.3. The summed E-state index contributed by atoms with van der Waals surface area (Å²) in [5.41, 5.74) is -0.422. The van der Waals surface area contributed by atoms with Crippen LogP contribution in [0.5, 0.6) is 0 Å². The first kappa shape index (κ1) is 16.4. The van der Waals surface area contributed by atoms with Crippen molar-refractivity contribution >= 4 is 5.78 Å². The molecule has 2 rings (SSSR count). The number of carbonyl (C=O) groups is 1. The molecule has 0 spiro atoms. The first-order chi connectivity index (χ1) is 9.74. The molecular weight excluding hydrogens is 264 g/mol. The molecule has 21 heavy (non-hydrogen) atoms. The molecule has 118 valence electrons. The lowest BCUT2D eigenvalue weighted by atomic mass is 9.80. The molecule has 1 fully saturated rings. The molecule has 0 amide bonds. The topological polar surface area (TPSA) is 57.5 Å². The van der Waals surface area contributed by atoms with E-state index in [-0.39, 0.29) is 17.1 Å². The van der Waals surface area contributed by atoms with Gasteiger partial charge in [0.2, 0.25) is 0 Å². The van der Waals surface area contributed by atoms with Gasteiger partial charge in [-0.25, -0.2) is 0 Å². The van der Waals surface area contributed by atoms with Crippen LogP contribution < -0.4 is 0 Å². The summed E-state index contributed by atoms with van der Waals surface area (Å²) in [6.07, 6.45) is 9.31. The molecule has 3 atom stereocenters. The van der Waals surface area contributed by atoms with Crippen LogP contribution in [0.4, 0.5) is 0 Å². The van der Waals surface area contributed by atoms with E-state index in [0.717, 1.165) is 24.8 Å². The van der Waals surface area contributed by atoms with Crippen LogP contribution >= 0.6 is 0 Å². The lowest BCUT2D eigenvalue weighted by Crippen LogP contribution is -2.45. The van der Waals surface area contributed by atoms with Crippen molar-refractivity contribution in [1.29, 1.82) is 0 Å². The molecule has 0 aliphatic heterocycles. The van der Waals surface area contributed by atoms with Crippen LogP contribution in [0.1, 0.15) is 59.3 Å². The van der Waals surface area contributed by atoms with E-state index in [1.807, 2.05) is 19.1 Å². The molecule has 1 saturated carbocycles. The lowest BCUT2D eigenvalue weighted by Gasteiger charge is -2.34. The van der Waals surface area contributed by atoms with E-state index in [4.69, 9.17) is 0 Å². The third kappa shape index (κ3) is 3.64. The minimum Gasteiger partial charge on any atom is -0.390 e. The largest absolute Gasteiger partial charge is 0.390 e. The van der Waals surface area contributed by atoms with Gasteiger partial charge in [0.1, 0.15) is 0 Å². The Morgan fingerprint density at radius 3 is 2.71 bits per heavy atom. The highest BCUT2D eigenvalue weighted by Gasteiger charge is 2.45. The zero-order chi connectivity index (χ0) is 15.7. The molecule has 3 heteroatoms. The molecule has 3 nitrogen and oxygen atoms in total. The maximum atomic E-state index is 12.3. The van der Waals surface area contributed by atoms with Gasteiger partial charge in [0, 0.05) is 12.3 Å². The summed E-state index contributed by atoms with van der Waals surface area (Å²) >= 11 is 0. The molecule has 2 aliphatic carbocycles. The van der Waals surface area contributed by atoms with Crippen LogP contribution in [0.15, 0.2) is 23.8 Å². The maximum absolute atomic E-state index is 12.3. The number of rotatable bonds is 0. The minimum absolute atomic E-state index is 0.0629. The summed E-state index contributed by atoms with van der Waals surface area (Å²) in [7, 11) is 0. The number of hydrogen-bond acceptors (Lipinski definition) is 3. The fourth-order valence-corrected chi connectivity index (χ4v) is 3.51. The quantitative estimate of drug-likeness (QED) is 0.674. The standard InChI is InChI=1S/C18H28O3/c1-13-12-14-6-4-10-18(14,21)16(20)7-5-9-17(2,3)11-8-15(13)19/h5,9,12,14,16,20-21H,4,6-8,10-11H2,1-3H3/b9-5+,13-12+/t14?,16?,18-/m1/s1. The Balaban J connectivity index is 2.32. The highest BCUT2D eigenvalue weighted by atomic mass is 16.3. The van der Waals surface area contributed by atoms with Gasteiger partial charge in [-0.1, -0.05) is 32.1 Å². The molecule has 0 saturated heterocycles. The first-order valence-corrected chi connectivity index (χ1v) is 8.04. The zero-order valence-electron chi connectivity index (χ0n) is 13.4. The second kappa shape index (κ2) is 6.05. The molecular formula is C18H28O3. The number of allylic oxidation sites excluding steroid dienone is 2. The van der Waals surface area contributed by atoms with E-state index in [0.29, 0.717) is 19.3 Å². The molecule has 0 heterocycles. The molecule has 2 unspecified atom stereocenters. The molecule has 0 aromatic rings. The summed E-state index contributed by atoms with van der Waals surface area (Å²) in [6, 6.07) is 0. The summed E-state index contributed by atoms with van der Waals surface area (Å²) in [6.45, 7) is 6.03. The molecule has 2 N–H and O–H groups in total. The van der Waals surface area contributed by atoms with Crippen molar-refractivity contribution in [2.45, 2.75) is 71.0 Å². The van der Waals surface area contributed by atoms with Crippen LogP contribution in [-0.2, 0) is 4.79 Å². The van der Waals surface area contributed by atoms with Crippen LogP contribution in [0, 0.1) is 11.3 Å². The van der Waals surface area contributed by atoms with Crippen LogP contribution in [-0.4, -0.2) is 27.7 Å². The Bertz CT molecular complexity index is 461. The summed E-state index contributed by atoms with van der Waals surface area (Å²) in [5.74, 6) is 0.0399. The monoisotopic (exact) mass is 292 g/mol. The van der Waals surface area contributed by atoms with Crippen LogP contribution in [0.2, 0.25) is 0 Å². The number of carbonyl (C=O) groups excluding carboxylic acids is 1. The van der Waals surface area contributed by atoms with Crippen molar-refractivity contribution in [2.75, 3.05) is 0 Å². The number of aliphatic hydroxyl groups is 2. The number of hydrogen-bond donors (Lipinski definition) is 2. The van der Waals surface area contributed by atoms with Gasteiger partial charge in [-0.05, 0) is 50.0 Å². The molecule has 2 aliphatic rings. The van der Waals surface area contributed by atoms with Crippen LogP contribution in [0.3, 0.4) is 0 Å². The number of ketones is 1. The van der Waals surface area contributed by atoms with Gasteiger partial charge >= 0.3 is 0 Å². The second-order valence-corrected chi connectivity index (χ2v) is 7.41. The van der Waals surface area contributed by atoms with Crippen molar-refractivity contribution in [1.82, 2.24) is 0 Å². The number of fused-ring (bicyclic) bond motifs is 1. The predicted octanol–water partition coefficient (Wildman–Crippen LogP) is 3.16. The van der Waals surface area contributed by atoms with Gasteiger partial charge in [-0.2, -0.15) is 0 Å². The Morgan fingerprint density at radius 1 is 1.29 bits per heavy atom. The van der Waals surface area contributed by atoms with Crippen molar-refractivity contribution in [3.05, 3.63) is 23.8 Å². The average molecular weight is 292 g/mol. The second-order valence-electron chi connectivity index (χ2n) is 7.41. The van der Waals surface area contributed by atoms with E-state index in [9.17, 15) is 15.0 Å². The number of Topliss-reactive ketones (excluding diaryl/α,β-unsaturated/α-hetero) is 1. The third-order valence-electron chi connectivity index (χ3n) is 5.13. The van der Waals surface area contributed by atoms with Crippen LogP contribution in [0.25, 0.3) is 0 Å². The predicted molar refractivity (Wildman–Crippen MR) is 83.8 cm³/mol. The smallest absolute Gasteiger partial charge is 0.158 e. The molecule has 0 aromatic carbocycles. The van der Waals surface area contributed by atoms with E-state index in [1.54, 1.807) is 0 Å². The van der Waals surface area contributed by atoms with Gasteiger partial charge in [-0.15, -0.1) is 0 Å². The van der Waals surface area contributed by atoms with E-state index in [2.05, 4.69) is 19.9 Å². The summed E-state index contributed by atoms with van der Waals surface area (Å²) in [5, 5.41) is 21.3. The normalized spacial score (nSPS) is 41.4. The van der Waals surface area contributed by atoms with E-state index < -0.39 is 11.7 Å². The highest BCUT2D eigenvalue weighted by Crippen LogP contribution is 2.41. The minimum atomic E-state index is -1.09. The highest BCUT2D eigenvalue weighted by molar-refractivity contribution is 5.94. The maximum Gasteiger partial charge on any atom is 0.158 e. The van der Waals surface area contributed by atoms with Gasteiger partial charge < -0.3 is 10.2 Å². The Morgan fingerprint density at radius 2 is 2.00 bits per heavy atom. The summed E-state index contributed by atoms with van der Waals surface area (Å²) < 4.78 is 0. The Hall–Kier alpha value is -0.930. The number of aliphatic hydroxyl groups excluding tert-OH is 1. The van der Waals surface area contributed by atoms with Crippen molar-refractivity contribution in [3.63, 3.8) is 0 Å². The average Bonchev–Trinajstić information content (AvgIpc) is 2.77. The van der Waals surface area contributed by atoms with Gasteiger partial charge in [0.25, 0.3) is 0 Å². The van der Waals surface area contributed by atoms with Gasteiger partial charge in [0.15, 0.2) is 5.78 Å². The van der Waals surface area contributed by atoms with Crippen molar-refractivity contribution in [3.8, 4) is 0 Å².